The third-order valence-electron chi connectivity index (χ3n) is 6.61. The monoisotopic (exact) mass is 818 g/mol. The molecular weight excluding hydrogens is 773 g/mol. The van der Waals surface area contributed by atoms with E-state index in [1.54, 1.807) is 43.8 Å². The molecule has 1 radical (unpaired) electrons. The number of fused-ring (bicyclic) bond motifs is 2. The van der Waals surface area contributed by atoms with Gasteiger partial charge in [0.15, 0.2) is 0 Å². The van der Waals surface area contributed by atoms with E-state index in [1.807, 2.05) is 48.7 Å². The molecule has 0 saturated heterocycles. The van der Waals surface area contributed by atoms with Crippen molar-refractivity contribution >= 4 is 29.4 Å². The molecule has 0 unspecified atom stereocenters. The van der Waals surface area contributed by atoms with Crippen molar-refractivity contribution in [3.05, 3.63) is 114 Å². The molecule has 2 aromatic heterocycles. The molecule has 0 atom stereocenters. The Morgan fingerprint density at radius 1 is 0.905 bits per heavy atom. The Morgan fingerprint density at radius 2 is 1.71 bits per heavy atom. The number of rotatable bonds is 4. The Labute approximate surface area is 281 Å². The molecule has 3 aromatic carbocycles. The Hall–Kier alpha value is -2.70. The normalized spacial score (nSPS) is 15.1. The molecule has 0 aliphatic carbocycles. The minimum Gasteiger partial charge on any atom is -0.499 e. The van der Waals surface area contributed by atoms with Gasteiger partial charge in [-0.15, -0.1) is 30.0 Å². The fraction of sp³-hybridized carbons (Fsp3) is 0.222. The molecule has 3 nitrogen and oxygen atoms in total. The molecule has 0 N–H and O–H groups in total. The number of hydrogen-bond donors (Lipinski definition) is 0. The van der Waals surface area contributed by atoms with E-state index in [0.29, 0.717) is 28.1 Å². The summed E-state index contributed by atoms with van der Waals surface area (Å²) < 4.78 is 61.3. The van der Waals surface area contributed by atoms with Gasteiger partial charge in [0.05, 0.1) is 10.6 Å². The van der Waals surface area contributed by atoms with Crippen LogP contribution in [0, 0.1) is 25.8 Å². The van der Waals surface area contributed by atoms with Crippen molar-refractivity contribution in [1.29, 1.82) is 0 Å². The fourth-order valence-corrected chi connectivity index (χ4v) is 7.41. The van der Waals surface area contributed by atoms with Gasteiger partial charge in [0.25, 0.3) is 0 Å². The summed E-state index contributed by atoms with van der Waals surface area (Å²) in [6, 6.07) is 28.4. The number of ether oxygens (including phenoxy) is 1. The minimum atomic E-state index is -2.33. The van der Waals surface area contributed by atoms with Crippen molar-refractivity contribution in [3.63, 3.8) is 0 Å². The van der Waals surface area contributed by atoms with Gasteiger partial charge in [-0.3, -0.25) is 0 Å². The van der Waals surface area contributed by atoms with Crippen molar-refractivity contribution in [1.82, 2.24) is 9.97 Å². The van der Waals surface area contributed by atoms with Crippen molar-refractivity contribution in [3.8, 4) is 34.0 Å². The second-order valence-electron chi connectivity index (χ2n) is 11.0. The maximum absolute atomic E-state index is 8.41. The molecule has 0 bridgehead atoms. The van der Waals surface area contributed by atoms with Crippen LogP contribution in [0.3, 0.4) is 0 Å². The van der Waals surface area contributed by atoms with Gasteiger partial charge in [-0.2, -0.15) is 0 Å². The van der Waals surface area contributed by atoms with Crippen molar-refractivity contribution in [2.75, 3.05) is 0 Å². The number of pyridine rings is 2. The van der Waals surface area contributed by atoms with Crippen LogP contribution in [-0.4, -0.2) is 23.2 Å². The van der Waals surface area contributed by atoms with E-state index in [1.165, 1.54) is 16.7 Å². The maximum atomic E-state index is 8.41. The van der Waals surface area contributed by atoms with Crippen LogP contribution in [0.5, 0.6) is 11.5 Å². The first-order chi connectivity index (χ1) is 22.3. The van der Waals surface area contributed by atoms with E-state index in [9.17, 15) is 0 Å². The molecule has 6 heteroatoms. The zero-order valence-electron chi connectivity index (χ0n) is 31.1. The average molecular weight is 817 g/mol. The van der Waals surface area contributed by atoms with E-state index in [-0.39, 0.29) is 25.7 Å². The standard InChI is InChI=1S/C21H18NOS.C15H18GeN.Ir/c1-13(2)16-11-17(22-12-14(16)3)15-7-6-10-20-21(15)23-18-8-4-5-9-19(18)24-20;1-12-5-7-13(8-6-12)15-10-9-14(11-17-15)16(2,3)4;/h4-6,8-13H,1-3H3;5-7,9-11H,1-4H3;/q2*-1;/i3D3,13D;1D3;. The van der Waals surface area contributed by atoms with Gasteiger partial charge in [-0.1, -0.05) is 37.6 Å². The second kappa shape index (κ2) is 13.7. The van der Waals surface area contributed by atoms with E-state index in [0.717, 1.165) is 26.8 Å². The van der Waals surface area contributed by atoms with Gasteiger partial charge in [0.1, 0.15) is 5.75 Å². The third kappa shape index (κ3) is 7.44. The third-order valence-corrected chi connectivity index (χ3v) is 12.0. The Morgan fingerprint density at radius 3 is 2.38 bits per heavy atom. The molecule has 42 heavy (non-hydrogen) atoms. The number of nitrogens with zero attached hydrogens (tertiary/aromatic N) is 2. The van der Waals surface area contributed by atoms with Crippen LogP contribution >= 0.6 is 11.8 Å². The summed E-state index contributed by atoms with van der Waals surface area (Å²) in [6.07, 6.45) is 3.30. The first-order valence-electron chi connectivity index (χ1n) is 16.8. The minimum absolute atomic E-state index is 0. The predicted molar refractivity (Wildman–Crippen MR) is 174 cm³/mol. The number of aryl methyl sites for hydroxylation is 2. The maximum Gasteiger partial charge on any atom is 0.128 e. The van der Waals surface area contributed by atoms with Crippen molar-refractivity contribution in [2.45, 2.75) is 60.5 Å². The topological polar surface area (TPSA) is 35.0 Å². The number of aromatic nitrogens is 2. The molecule has 5 aromatic rings. The second-order valence-corrected chi connectivity index (χ2v) is 22.7. The van der Waals surface area contributed by atoms with Crippen LogP contribution in [0.2, 0.25) is 17.3 Å². The average Bonchev–Trinajstić information content (AvgIpc) is 3.02. The first kappa shape index (κ1) is 23.7. The summed E-state index contributed by atoms with van der Waals surface area (Å²) >= 11 is -0.222. The van der Waals surface area contributed by atoms with Crippen LogP contribution in [-0.2, 0) is 20.1 Å². The zero-order valence-corrected chi connectivity index (χ0v) is 29.4. The van der Waals surface area contributed by atoms with Gasteiger partial charge in [0.2, 0.25) is 0 Å². The Kier molecular flexibility index (Phi) is 7.75. The quantitative estimate of drug-likeness (QED) is 0.131. The zero-order chi connectivity index (χ0) is 35.1. The molecule has 0 amide bonds. The number of benzene rings is 3. The smallest absolute Gasteiger partial charge is 0.128 e. The molecule has 0 spiro atoms. The Balaban J connectivity index is 0.000000229. The molecule has 0 fully saturated rings. The molecule has 1 aliphatic heterocycles. The first-order valence-corrected chi connectivity index (χ1v) is 21.5. The summed E-state index contributed by atoms with van der Waals surface area (Å²) in [4.78, 5) is 10.9. The summed E-state index contributed by atoms with van der Waals surface area (Å²) in [5.74, 6) is 7.31. The fourth-order valence-electron chi connectivity index (χ4n) is 4.27. The van der Waals surface area contributed by atoms with Crippen molar-refractivity contribution in [2.24, 2.45) is 0 Å². The molecule has 6 rings (SSSR count). The van der Waals surface area contributed by atoms with Crippen LogP contribution in [0.1, 0.15) is 46.0 Å². The number of hydrogen-bond acceptors (Lipinski definition) is 4. The Bertz CT molecular complexity index is 1860. The van der Waals surface area contributed by atoms with Gasteiger partial charge >= 0.3 is 110 Å². The van der Waals surface area contributed by atoms with E-state index >= 15 is 0 Å². The predicted octanol–water partition coefficient (Wildman–Crippen LogP) is 9.64. The van der Waals surface area contributed by atoms with Gasteiger partial charge in [-0.25, -0.2) is 0 Å². The molecule has 217 valence electrons. The summed E-state index contributed by atoms with van der Waals surface area (Å²) in [5, 5.41) is 0. The summed E-state index contributed by atoms with van der Waals surface area (Å²) in [7, 11) is 0. The van der Waals surface area contributed by atoms with Crippen LogP contribution in [0.15, 0.2) is 95.0 Å². The van der Waals surface area contributed by atoms with Crippen LogP contribution in [0.25, 0.3) is 22.5 Å². The summed E-state index contributed by atoms with van der Waals surface area (Å²) in [6.45, 7) is -1.06. The summed E-state index contributed by atoms with van der Waals surface area (Å²) in [5.41, 5.74) is 3.68. The van der Waals surface area contributed by atoms with Gasteiger partial charge < -0.3 is 9.72 Å². The molecule has 0 saturated carbocycles. The SMILES string of the molecule is [2H]C([2H])([2H])c1c[c-]c(-c2cc[c]([Ge]([CH3])([CH3])[CH3])cn2)cc1.[2H]C([2H])([2H])c1cnc(-c2[c-]ccc3c2Oc2ccccc2S3)cc1C([2H])(C)C.[Ir]. The molecule has 3 heterocycles. The van der Waals surface area contributed by atoms with E-state index < -0.39 is 32.9 Å². The molecule has 1 aliphatic rings. The molecular formula is C36H36GeIrN2OS-2. The van der Waals surface area contributed by atoms with Crippen LogP contribution < -0.4 is 9.13 Å². The van der Waals surface area contributed by atoms with Crippen LogP contribution in [0.4, 0.5) is 0 Å². The van der Waals surface area contributed by atoms with Gasteiger partial charge in [-0.05, 0) is 46.6 Å². The van der Waals surface area contributed by atoms with Crippen molar-refractivity contribution < 1.29 is 34.4 Å². The van der Waals surface area contributed by atoms with E-state index in [2.05, 4.69) is 45.4 Å². The number of para-hydroxylation sites is 1. The largest absolute Gasteiger partial charge is 0.499 e. The van der Waals surface area contributed by atoms with E-state index in [4.69, 9.17) is 14.3 Å². The van der Waals surface area contributed by atoms with Gasteiger partial charge in [0, 0.05) is 31.8 Å².